The molecular formula is C13H11BrClNO2S. The van der Waals surface area contributed by atoms with Gasteiger partial charge in [-0.1, -0.05) is 35.4 Å². The van der Waals surface area contributed by atoms with Gasteiger partial charge in [0, 0.05) is 0 Å². The summed E-state index contributed by atoms with van der Waals surface area (Å²) < 4.78 is 27.4. The standard InChI is InChI=1S/C13H11BrClNO2S/c1-9-5-7-10(8-6-9)19(17,18)16-12-4-2-3-11(15)13(12)14/h2-8,16H,1H3. The number of benzene rings is 2. The van der Waals surface area contributed by atoms with E-state index in [1.165, 1.54) is 0 Å². The lowest BCUT2D eigenvalue weighted by molar-refractivity contribution is 0.601. The summed E-state index contributed by atoms with van der Waals surface area (Å²) in [6.45, 7) is 1.90. The van der Waals surface area contributed by atoms with Crippen molar-refractivity contribution in [3.8, 4) is 0 Å². The van der Waals surface area contributed by atoms with Crippen molar-refractivity contribution in [1.29, 1.82) is 0 Å². The summed E-state index contributed by atoms with van der Waals surface area (Å²) >= 11 is 9.19. The van der Waals surface area contributed by atoms with Crippen molar-refractivity contribution in [3.05, 3.63) is 57.5 Å². The summed E-state index contributed by atoms with van der Waals surface area (Å²) in [5.41, 5.74) is 1.41. The van der Waals surface area contributed by atoms with E-state index in [4.69, 9.17) is 11.6 Å². The highest BCUT2D eigenvalue weighted by Gasteiger charge is 2.16. The maximum atomic E-state index is 12.2. The second kappa shape index (κ2) is 5.53. The molecule has 0 aliphatic rings. The number of sulfonamides is 1. The molecule has 0 heterocycles. The third-order valence-corrected chi connectivity index (χ3v) is 5.31. The zero-order chi connectivity index (χ0) is 14.0. The van der Waals surface area contributed by atoms with Crippen LogP contribution in [0.1, 0.15) is 5.56 Å². The Morgan fingerprint density at radius 2 is 1.74 bits per heavy atom. The molecule has 0 aliphatic carbocycles. The molecule has 2 rings (SSSR count). The molecule has 0 saturated carbocycles. The van der Waals surface area contributed by atoms with Gasteiger partial charge in [0.15, 0.2) is 0 Å². The lowest BCUT2D eigenvalue weighted by Crippen LogP contribution is -2.13. The molecular weight excluding hydrogens is 350 g/mol. The first-order valence-electron chi connectivity index (χ1n) is 5.43. The maximum absolute atomic E-state index is 12.2. The monoisotopic (exact) mass is 359 g/mol. The number of anilines is 1. The summed E-state index contributed by atoms with van der Waals surface area (Å²) in [7, 11) is -3.61. The van der Waals surface area contributed by atoms with E-state index in [1.807, 2.05) is 6.92 Å². The topological polar surface area (TPSA) is 46.2 Å². The quantitative estimate of drug-likeness (QED) is 0.891. The molecule has 0 atom stereocenters. The molecule has 0 saturated heterocycles. The number of hydrogen-bond donors (Lipinski definition) is 1. The first-order chi connectivity index (χ1) is 8.90. The summed E-state index contributed by atoms with van der Waals surface area (Å²) in [4.78, 5) is 0.213. The van der Waals surface area contributed by atoms with Crippen molar-refractivity contribution in [1.82, 2.24) is 0 Å². The van der Waals surface area contributed by atoms with Crippen LogP contribution in [0.2, 0.25) is 5.02 Å². The fourth-order valence-corrected chi connectivity index (χ4v) is 3.24. The van der Waals surface area contributed by atoms with E-state index < -0.39 is 10.0 Å². The van der Waals surface area contributed by atoms with Crippen LogP contribution in [0.4, 0.5) is 5.69 Å². The molecule has 3 nitrogen and oxygen atoms in total. The van der Waals surface area contributed by atoms with Crippen molar-refractivity contribution in [2.24, 2.45) is 0 Å². The zero-order valence-electron chi connectivity index (χ0n) is 10.0. The van der Waals surface area contributed by atoms with Gasteiger partial charge in [0.2, 0.25) is 0 Å². The molecule has 0 fully saturated rings. The maximum Gasteiger partial charge on any atom is 0.261 e. The van der Waals surface area contributed by atoms with Crippen LogP contribution in [0.25, 0.3) is 0 Å². The second-order valence-corrected chi connectivity index (χ2v) is 6.90. The Kier molecular flexibility index (Phi) is 4.18. The van der Waals surface area contributed by atoms with Gasteiger partial charge in [-0.05, 0) is 47.1 Å². The van der Waals surface area contributed by atoms with E-state index >= 15 is 0 Å². The van der Waals surface area contributed by atoms with Crippen LogP contribution in [0.3, 0.4) is 0 Å². The summed E-state index contributed by atoms with van der Waals surface area (Å²) in [6, 6.07) is 11.6. The van der Waals surface area contributed by atoms with Crippen molar-refractivity contribution in [2.45, 2.75) is 11.8 Å². The Labute approximate surface area is 125 Å². The number of halogens is 2. The van der Waals surface area contributed by atoms with Crippen molar-refractivity contribution < 1.29 is 8.42 Å². The van der Waals surface area contributed by atoms with Gasteiger partial charge in [0.05, 0.1) is 20.1 Å². The molecule has 0 amide bonds. The van der Waals surface area contributed by atoms with Gasteiger partial charge >= 0.3 is 0 Å². The van der Waals surface area contributed by atoms with Crippen molar-refractivity contribution >= 4 is 43.2 Å². The predicted octanol–water partition coefficient (Wildman–Crippen LogP) is 4.21. The van der Waals surface area contributed by atoms with E-state index in [2.05, 4.69) is 20.7 Å². The SMILES string of the molecule is Cc1ccc(S(=O)(=O)Nc2cccc(Cl)c2Br)cc1. The van der Waals surface area contributed by atoms with Crippen LogP contribution in [0.15, 0.2) is 51.8 Å². The third-order valence-electron chi connectivity index (χ3n) is 2.53. The highest BCUT2D eigenvalue weighted by atomic mass is 79.9. The van der Waals surface area contributed by atoms with Gasteiger partial charge in [0.25, 0.3) is 10.0 Å². The number of nitrogens with one attached hydrogen (secondary N) is 1. The van der Waals surface area contributed by atoms with Crippen LogP contribution >= 0.6 is 27.5 Å². The van der Waals surface area contributed by atoms with E-state index in [0.29, 0.717) is 15.2 Å². The molecule has 19 heavy (non-hydrogen) atoms. The fraction of sp³-hybridized carbons (Fsp3) is 0.0769. The first-order valence-corrected chi connectivity index (χ1v) is 8.09. The van der Waals surface area contributed by atoms with Crippen LogP contribution in [0, 0.1) is 6.92 Å². The molecule has 6 heteroatoms. The number of aryl methyl sites for hydroxylation is 1. The minimum atomic E-state index is -3.61. The highest BCUT2D eigenvalue weighted by molar-refractivity contribution is 9.10. The number of rotatable bonds is 3. The smallest absolute Gasteiger partial charge is 0.261 e. The van der Waals surface area contributed by atoms with E-state index in [-0.39, 0.29) is 4.90 Å². The van der Waals surface area contributed by atoms with Gasteiger partial charge in [-0.25, -0.2) is 8.42 Å². The molecule has 0 aromatic heterocycles. The lowest BCUT2D eigenvalue weighted by Gasteiger charge is -2.10. The molecule has 1 N–H and O–H groups in total. The lowest BCUT2D eigenvalue weighted by atomic mass is 10.2. The minimum absolute atomic E-state index is 0.213. The Morgan fingerprint density at radius 3 is 2.37 bits per heavy atom. The average Bonchev–Trinajstić information content (AvgIpc) is 2.35. The Bertz CT molecular complexity index is 699. The average molecular weight is 361 g/mol. The van der Waals surface area contributed by atoms with E-state index in [1.54, 1.807) is 42.5 Å². The molecule has 2 aromatic rings. The summed E-state index contributed by atoms with van der Waals surface area (Å²) in [5.74, 6) is 0. The molecule has 2 aromatic carbocycles. The first kappa shape index (κ1) is 14.4. The fourth-order valence-electron chi connectivity index (χ4n) is 1.50. The molecule has 0 spiro atoms. The molecule has 0 unspecified atom stereocenters. The second-order valence-electron chi connectivity index (χ2n) is 4.02. The van der Waals surface area contributed by atoms with E-state index in [9.17, 15) is 8.42 Å². The van der Waals surface area contributed by atoms with E-state index in [0.717, 1.165) is 5.56 Å². The van der Waals surface area contributed by atoms with Gasteiger partial charge in [-0.3, -0.25) is 4.72 Å². The Morgan fingerprint density at radius 1 is 1.11 bits per heavy atom. The van der Waals surface area contributed by atoms with Crippen molar-refractivity contribution in [2.75, 3.05) is 4.72 Å². The van der Waals surface area contributed by atoms with Gasteiger partial charge in [-0.15, -0.1) is 0 Å². The van der Waals surface area contributed by atoms with Crippen LogP contribution in [0.5, 0.6) is 0 Å². The van der Waals surface area contributed by atoms with Gasteiger partial charge in [-0.2, -0.15) is 0 Å². The summed E-state index contributed by atoms with van der Waals surface area (Å²) in [5, 5.41) is 0.448. The molecule has 0 radical (unpaired) electrons. The van der Waals surface area contributed by atoms with Gasteiger partial charge < -0.3 is 0 Å². The molecule has 100 valence electrons. The van der Waals surface area contributed by atoms with Crippen molar-refractivity contribution in [3.63, 3.8) is 0 Å². The largest absolute Gasteiger partial charge is 0.278 e. The molecule has 0 bridgehead atoms. The molecule has 0 aliphatic heterocycles. The predicted molar refractivity (Wildman–Crippen MR) is 81.1 cm³/mol. The summed E-state index contributed by atoms with van der Waals surface area (Å²) in [6.07, 6.45) is 0. The van der Waals surface area contributed by atoms with Gasteiger partial charge in [0.1, 0.15) is 0 Å². The highest BCUT2D eigenvalue weighted by Crippen LogP contribution is 2.31. The Balaban J connectivity index is 2.36. The minimum Gasteiger partial charge on any atom is -0.278 e. The number of hydrogen-bond acceptors (Lipinski definition) is 2. The normalized spacial score (nSPS) is 11.3. The van der Waals surface area contributed by atoms with Crippen LogP contribution in [-0.2, 0) is 10.0 Å². The zero-order valence-corrected chi connectivity index (χ0v) is 13.2. The van der Waals surface area contributed by atoms with Crippen LogP contribution in [-0.4, -0.2) is 8.42 Å². The Hall–Kier alpha value is -1.04. The third kappa shape index (κ3) is 3.29. The van der Waals surface area contributed by atoms with Crippen LogP contribution < -0.4 is 4.72 Å².